The molecule has 0 radical (unpaired) electrons. The first-order chi connectivity index (χ1) is 46.8. The van der Waals surface area contributed by atoms with Crippen LogP contribution in [-0.4, -0.2) is 73.5 Å². The van der Waals surface area contributed by atoms with E-state index in [0.717, 1.165) is 113 Å². The van der Waals surface area contributed by atoms with Gasteiger partial charge < -0.3 is 69.8 Å². The number of ether oxygens (including phenoxy) is 11. The van der Waals surface area contributed by atoms with E-state index in [2.05, 4.69) is 99.6 Å². The van der Waals surface area contributed by atoms with Crippen molar-refractivity contribution in [3.63, 3.8) is 0 Å². The number of epoxide rings is 1. The van der Waals surface area contributed by atoms with E-state index in [1.165, 1.54) is 41.7 Å². The lowest BCUT2D eigenvalue weighted by atomic mass is 9.96. The van der Waals surface area contributed by atoms with Crippen LogP contribution in [-0.2, 0) is 30.1 Å². The second kappa shape index (κ2) is 27.4. The van der Waals surface area contributed by atoms with Gasteiger partial charge in [-0.2, -0.15) is 0 Å². The molecule has 9 heterocycles. The molecule has 17 nitrogen and oxygen atoms in total. The van der Waals surface area contributed by atoms with Gasteiger partial charge in [0.15, 0.2) is 0 Å². The molecule has 4 unspecified atom stereocenters. The van der Waals surface area contributed by atoms with Gasteiger partial charge in [0.1, 0.15) is 83.3 Å². The van der Waals surface area contributed by atoms with E-state index in [-0.39, 0.29) is 17.8 Å². The zero-order valence-electron chi connectivity index (χ0n) is 58.6. The number of hydrogen-bond donors (Lipinski definition) is 0. The molecule has 0 bridgehead atoms. The van der Waals surface area contributed by atoms with Gasteiger partial charge in [0.2, 0.25) is 0 Å². The van der Waals surface area contributed by atoms with Gasteiger partial charge in [-0.1, -0.05) is 42.2 Å². The summed E-state index contributed by atoms with van der Waals surface area (Å²) in [6.07, 6.45) is 25.7. The molecule has 5 aliphatic heterocycles. The van der Waals surface area contributed by atoms with Crippen LogP contribution < -0.4 is 39.7 Å². The van der Waals surface area contributed by atoms with Crippen molar-refractivity contribution in [2.45, 2.75) is 201 Å². The number of rotatable bonds is 24. The summed E-state index contributed by atoms with van der Waals surface area (Å²) >= 11 is 0. The molecular formula is C81H92O17. The largest absolute Gasteiger partial charge is 0.489 e. The molecule has 8 aromatic rings. The number of fused-ring (bicyclic) bond motifs is 6. The summed E-state index contributed by atoms with van der Waals surface area (Å²) in [5.74, 6) is 2.58. The van der Waals surface area contributed by atoms with Crippen LogP contribution in [0.1, 0.15) is 158 Å². The maximum absolute atomic E-state index is 11.8. The van der Waals surface area contributed by atoms with Gasteiger partial charge in [-0.05, 0) is 223 Å². The summed E-state index contributed by atoms with van der Waals surface area (Å²) < 4.78 is 91.1. The highest BCUT2D eigenvalue weighted by Gasteiger charge is 2.56. The predicted molar refractivity (Wildman–Crippen MR) is 376 cm³/mol. The van der Waals surface area contributed by atoms with Crippen LogP contribution in [0.3, 0.4) is 0 Å². The third-order valence-corrected chi connectivity index (χ3v) is 20.2. The molecular weight excluding hydrogens is 1240 g/mol. The van der Waals surface area contributed by atoms with Gasteiger partial charge in [0.05, 0.1) is 69.2 Å². The molecule has 518 valence electrons. The molecule has 2 spiro atoms. The van der Waals surface area contributed by atoms with E-state index < -0.39 is 34.4 Å². The van der Waals surface area contributed by atoms with Crippen LogP contribution >= 0.6 is 0 Å². The summed E-state index contributed by atoms with van der Waals surface area (Å²) in [6, 6.07) is 25.3. The summed E-state index contributed by atoms with van der Waals surface area (Å²) in [7, 11) is 0. The van der Waals surface area contributed by atoms with Crippen molar-refractivity contribution in [3.05, 3.63) is 182 Å². The molecule has 0 amide bonds. The van der Waals surface area contributed by atoms with Gasteiger partial charge in [-0.3, -0.25) is 0 Å². The Kier molecular flexibility index (Phi) is 19.1. The molecule has 0 N–H and O–H groups in total. The lowest BCUT2D eigenvalue weighted by Crippen LogP contribution is -2.42. The second-order valence-corrected chi connectivity index (χ2v) is 29.5. The first-order valence-electron chi connectivity index (χ1n) is 34.6. The van der Waals surface area contributed by atoms with E-state index >= 15 is 0 Å². The maximum Gasteiger partial charge on any atom is 0.350 e. The minimum atomic E-state index is -1.30. The predicted octanol–water partition coefficient (Wildman–Crippen LogP) is 18.5. The third-order valence-electron chi connectivity index (χ3n) is 20.2. The summed E-state index contributed by atoms with van der Waals surface area (Å²) in [6.45, 7) is 27.4. The van der Waals surface area contributed by atoms with Crippen molar-refractivity contribution in [2.24, 2.45) is 11.3 Å². The number of hydrogen-bond acceptors (Lipinski definition) is 17. The number of allylic oxidation sites excluding steroid dienone is 4. The molecule has 14 rings (SSSR count). The number of furan rings is 2. The zero-order valence-corrected chi connectivity index (χ0v) is 58.6. The Hall–Kier alpha value is -8.32. The maximum atomic E-state index is 11.8. The SMILES string of the molecule is C/C(=C\COc1ccc2c(c1)O[C@@]1(C=C2)OC(CC/C(C)=C/COc2c3ccoc3cc3oc(=O)ccc23)C(C)(C)O1)CCC1CC1(C)C.C/C(=C\COc1ccc2c(c1)O[C@]1(CC2)OC(CC/C(C)=C/COc2c3ccoc3cc3oc(=O)ccc23)C(C)(C)O1)CCC1OC1(C)C. The molecule has 98 heavy (non-hydrogen) atoms. The second-order valence-electron chi connectivity index (χ2n) is 29.5. The highest BCUT2D eigenvalue weighted by molar-refractivity contribution is 6.02. The summed E-state index contributed by atoms with van der Waals surface area (Å²) in [5, 5.41) is 3.10. The molecule has 1 aliphatic carbocycles. The molecule has 3 saturated heterocycles. The van der Waals surface area contributed by atoms with E-state index in [9.17, 15) is 9.59 Å². The Labute approximate surface area is 572 Å². The van der Waals surface area contributed by atoms with E-state index in [0.29, 0.717) is 83.9 Å². The van der Waals surface area contributed by atoms with Gasteiger partial charge in [-0.15, -0.1) is 0 Å². The molecule has 6 aliphatic rings. The molecule has 4 aromatic carbocycles. The van der Waals surface area contributed by atoms with Crippen LogP contribution in [0.4, 0.5) is 0 Å². The van der Waals surface area contributed by atoms with Crippen LogP contribution in [0, 0.1) is 11.3 Å². The first-order valence-corrected chi connectivity index (χ1v) is 34.6. The number of benzene rings is 4. The zero-order chi connectivity index (χ0) is 68.8. The quantitative estimate of drug-likeness (QED) is 0.0315. The average Bonchev–Trinajstić information content (AvgIpc) is 1.57. The number of aryl methyl sites for hydroxylation is 1. The third kappa shape index (κ3) is 15.6. The Bertz CT molecular complexity index is 4540. The van der Waals surface area contributed by atoms with Gasteiger partial charge >= 0.3 is 23.2 Å². The van der Waals surface area contributed by atoms with E-state index in [1.54, 1.807) is 36.8 Å². The molecule has 4 aromatic heterocycles. The molecule has 6 atom stereocenters. The Balaban J connectivity index is 0.000000176. The van der Waals surface area contributed by atoms with Crippen LogP contribution in [0.5, 0.6) is 34.5 Å². The highest BCUT2D eigenvalue weighted by atomic mass is 16.9. The van der Waals surface area contributed by atoms with Crippen molar-refractivity contribution in [2.75, 3.05) is 26.4 Å². The Morgan fingerprint density at radius 3 is 1.49 bits per heavy atom. The molecule has 4 fully saturated rings. The standard InChI is InChI=1S/C41H46O8.C40H46O9/c1-26(7-10-29-25-39(29,3)4)16-20-43-30-11-9-28-15-19-41(47-33(28)23-30)48-36(40(5,6)49-41)13-8-27(2)17-21-45-38-31-12-14-37(42)46-35(31)24-34-32(38)18-22-44-34;1-25(7-12-34-38(3,4)47-34)16-20-42-28-10-9-27-15-19-40(46-31(27)23-28)48-35(39(5,6)49-40)13-8-26(2)17-21-44-37-29-11-14-36(41)45-33(29)24-32-30(37)18-22-43-32/h9,11-12,14-19,22-24,29,36H,7-8,10,13,20-21,25H2,1-6H3;9-11,14,16-18,22-24,34-35H,7-8,12-13,15,19-21H2,1-6H3/b26-16+,27-17+;25-16+,26-17+/t29?,36?,41-;34?,35?,40-/m01/s1. The van der Waals surface area contributed by atoms with Crippen molar-refractivity contribution < 1.29 is 69.8 Å². The van der Waals surface area contributed by atoms with Crippen molar-refractivity contribution >= 4 is 50.0 Å². The van der Waals surface area contributed by atoms with Crippen molar-refractivity contribution in [1.82, 2.24) is 0 Å². The van der Waals surface area contributed by atoms with Gasteiger partial charge in [0, 0.05) is 54.5 Å². The Morgan fingerprint density at radius 1 is 0.490 bits per heavy atom. The van der Waals surface area contributed by atoms with Crippen molar-refractivity contribution in [3.8, 4) is 34.5 Å². The van der Waals surface area contributed by atoms with E-state index in [1.807, 2.05) is 68.5 Å². The lowest BCUT2D eigenvalue weighted by Gasteiger charge is -2.34. The monoisotopic (exact) mass is 1340 g/mol. The highest BCUT2D eigenvalue weighted by Crippen LogP contribution is 2.55. The minimum absolute atomic E-state index is 0.0306. The Morgan fingerprint density at radius 2 is 0.959 bits per heavy atom. The van der Waals surface area contributed by atoms with Crippen LogP contribution in [0.2, 0.25) is 0 Å². The normalized spacial score (nSPS) is 24.1. The van der Waals surface area contributed by atoms with Crippen molar-refractivity contribution in [1.29, 1.82) is 0 Å². The van der Waals surface area contributed by atoms with Gasteiger partial charge in [0.25, 0.3) is 0 Å². The van der Waals surface area contributed by atoms with Crippen LogP contribution in [0.25, 0.3) is 50.0 Å². The van der Waals surface area contributed by atoms with Gasteiger partial charge in [-0.25, -0.2) is 9.59 Å². The molecule has 1 saturated carbocycles. The molecule has 17 heteroatoms. The fourth-order valence-corrected chi connectivity index (χ4v) is 13.7. The summed E-state index contributed by atoms with van der Waals surface area (Å²) in [4.78, 5) is 23.6. The minimum Gasteiger partial charge on any atom is -0.489 e. The topological polar surface area (TPSA) is 192 Å². The first kappa shape index (κ1) is 68.2. The van der Waals surface area contributed by atoms with E-state index in [4.69, 9.17) is 69.8 Å². The average molecular weight is 1340 g/mol. The lowest BCUT2D eigenvalue weighted by molar-refractivity contribution is -0.312. The summed E-state index contributed by atoms with van der Waals surface area (Å²) in [5.41, 5.74) is 7.72. The van der Waals surface area contributed by atoms with Crippen LogP contribution in [0.15, 0.2) is 177 Å². The smallest absolute Gasteiger partial charge is 0.350 e. The fourth-order valence-electron chi connectivity index (χ4n) is 13.7. The fraction of sp³-hybridized carbons (Fsp3) is 0.457.